The van der Waals surface area contributed by atoms with Crippen LogP contribution >= 0.6 is 24.0 Å². The SMILES string of the molecule is CN=C(NCc1cccc(COC2CCOCC2)c1)Nc1ccc(OC)c(OC)c1.I. The van der Waals surface area contributed by atoms with Gasteiger partial charge >= 0.3 is 0 Å². The van der Waals surface area contributed by atoms with Crippen LogP contribution in [-0.4, -0.2) is 46.5 Å². The zero-order chi connectivity index (χ0) is 21.2. The summed E-state index contributed by atoms with van der Waals surface area (Å²) in [6, 6.07) is 14.1. The van der Waals surface area contributed by atoms with Crippen LogP contribution in [0.25, 0.3) is 0 Å². The average Bonchev–Trinajstić information content (AvgIpc) is 2.81. The molecule has 170 valence electrons. The Morgan fingerprint density at radius 1 is 1.03 bits per heavy atom. The summed E-state index contributed by atoms with van der Waals surface area (Å²) in [6.07, 6.45) is 2.24. The molecule has 1 fully saturated rings. The van der Waals surface area contributed by atoms with Gasteiger partial charge in [0, 0.05) is 38.6 Å². The first-order valence-electron chi connectivity index (χ1n) is 10.2. The van der Waals surface area contributed by atoms with E-state index in [0.29, 0.717) is 36.7 Å². The normalized spacial score (nSPS) is 14.5. The van der Waals surface area contributed by atoms with Gasteiger partial charge in [-0.15, -0.1) is 24.0 Å². The number of hydrogen-bond donors (Lipinski definition) is 2. The van der Waals surface area contributed by atoms with Gasteiger partial charge in [0.15, 0.2) is 17.5 Å². The molecule has 1 heterocycles. The first-order chi connectivity index (χ1) is 14.7. The van der Waals surface area contributed by atoms with Crippen LogP contribution in [0.2, 0.25) is 0 Å². The smallest absolute Gasteiger partial charge is 0.195 e. The van der Waals surface area contributed by atoms with Crippen LogP contribution < -0.4 is 20.1 Å². The zero-order valence-corrected chi connectivity index (χ0v) is 20.7. The van der Waals surface area contributed by atoms with Crippen LogP contribution in [0.3, 0.4) is 0 Å². The van der Waals surface area contributed by atoms with Crippen molar-refractivity contribution in [3.8, 4) is 11.5 Å². The predicted octanol–water partition coefficient (Wildman–Crippen LogP) is 4.20. The third-order valence-corrected chi connectivity index (χ3v) is 4.98. The number of benzene rings is 2. The summed E-state index contributed by atoms with van der Waals surface area (Å²) in [4.78, 5) is 4.30. The predicted molar refractivity (Wildman–Crippen MR) is 134 cm³/mol. The Balaban J connectivity index is 0.00000341. The summed E-state index contributed by atoms with van der Waals surface area (Å²) >= 11 is 0. The largest absolute Gasteiger partial charge is 0.493 e. The number of ether oxygens (including phenoxy) is 4. The molecule has 0 bridgehead atoms. The van der Waals surface area contributed by atoms with Crippen molar-refractivity contribution < 1.29 is 18.9 Å². The molecule has 1 aliphatic rings. The van der Waals surface area contributed by atoms with E-state index < -0.39 is 0 Å². The van der Waals surface area contributed by atoms with Crippen molar-refractivity contribution in [3.63, 3.8) is 0 Å². The monoisotopic (exact) mass is 541 g/mol. The van der Waals surface area contributed by atoms with E-state index in [-0.39, 0.29) is 24.0 Å². The van der Waals surface area contributed by atoms with Crippen molar-refractivity contribution in [2.45, 2.75) is 32.1 Å². The fraction of sp³-hybridized carbons (Fsp3) is 0.435. The molecule has 0 amide bonds. The average molecular weight is 541 g/mol. The van der Waals surface area contributed by atoms with E-state index in [1.54, 1.807) is 21.3 Å². The van der Waals surface area contributed by atoms with Gasteiger partial charge in [-0.25, -0.2) is 0 Å². The number of aliphatic imine (C=N–C) groups is 1. The number of anilines is 1. The molecule has 0 aromatic heterocycles. The quantitative estimate of drug-likeness (QED) is 0.297. The highest BCUT2D eigenvalue weighted by Crippen LogP contribution is 2.29. The molecule has 0 atom stereocenters. The first kappa shape index (κ1) is 25.2. The summed E-state index contributed by atoms with van der Waals surface area (Å²) < 4.78 is 22.1. The number of rotatable bonds is 8. The molecule has 0 aliphatic carbocycles. The molecule has 0 spiro atoms. The lowest BCUT2D eigenvalue weighted by Crippen LogP contribution is -2.30. The first-order valence-corrected chi connectivity index (χ1v) is 10.2. The van der Waals surface area contributed by atoms with Gasteiger partial charge in [-0.2, -0.15) is 0 Å². The van der Waals surface area contributed by atoms with E-state index in [1.807, 2.05) is 18.2 Å². The lowest BCUT2D eigenvalue weighted by atomic mass is 10.1. The summed E-state index contributed by atoms with van der Waals surface area (Å²) in [7, 11) is 4.98. The Bertz CT molecular complexity index is 841. The lowest BCUT2D eigenvalue weighted by molar-refractivity contribution is -0.0390. The molecule has 8 heteroatoms. The molecule has 0 radical (unpaired) electrons. The van der Waals surface area contributed by atoms with Crippen LogP contribution in [0.15, 0.2) is 47.5 Å². The zero-order valence-electron chi connectivity index (χ0n) is 18.3. The number of methoxy groups -OCH3 is 2. The minimum atomic E-state index is 0. The highest BCUT2D eigenvalue weighted by atomic mass is 127. The van der Waals surface area contributed by atoms with E-state index in [4.69, 9.17) is 18.9 Å². The Kier molecular flexibility index (Phi) is 10.9. The van der Waals surface area contributed by atoms with Crippen LogP contribution in [0, 0.1) is 0 Å². The maximum Gasteiger partial charge on any atom is 0.195 e. The molecule has 1 saturated heterocycles. The van der Waals surface area contributed by atoms with Crippen molar-refractivity contribution in [2.75, 3.05) is 39.8 Å². The van der Waals surface area contributed by atoms with Gasteiger partial charge in [0.1, 0.15) is 0 Å². The second-order valence-corrected chi connectivity index (χ2v) is 7.06. The lowest BCUT2D eigenvalue weighted by Gasteiger charge is -2.22. The Labute approximate surface area is 201 Å². The summed E-state index contributed by atoms with van der Waals surface area (Å²) in [6.45, 7) is 2.86. The van der Waals surface area contributed by atoms with Gasteiger partial charge in [-0.05, 0) is 36.1 Å². The van der Waals surface area contributed by atoms with Crippen LogP contribution in [0.4, 0.5) is 5.69 Å². The van der Waals surface area contributed by atoms with Gasteiger partial charge in [0.25, 0.3) is 0 Å². The number of nitrogens with one attached hydrogen (secondary N) is 2. The van der Waals surface area contributed by atoms with Crippen LogP contribution in [-0.2, 0) is 22.6 Å². The molecule has 2 aromatic carbocycles. The molecule has 0 unspecified atom stereocenters. The van der Waals surface area contributed by atoms with Crippen molar-refractivity contribution in [1.82, 2.24) is 5.32 Å². The minimum Gasteiger partial charge on any atom is -0.493 e. The molecule has 1 aliphatic heterocycles. The molecule has 2 N–H and O–H groups in total. The fourth-order valence-electron chi connectivity index (χ4n) is 3.30. The molecule has 31 heavy (non-hydrogen) atoms. The third kappa shape index (κ3) is 7.86. The van der Waals surface area contributed by atoms with E-state index in [9.17, 15) is 0 Å². The number of hydrogen-bond acceptors (Lipinski definition) is 5. The Morgan fingerprint density at radius 3 is 2.48 bits per heavy atom. The van der Waals surface area contributed by atoms with Gasteiger partial charge in [-0.3, -0.25) is 4.99 Å². The van der Waals surface area contributed by atoms with E-state index >= 15 is 0 Å². The summed E-state index contributed by atoms with van der Waals surface area (Å²) in [5.41, 5.74) is 3.20. The number of nitrogens with zero attached hydrogens (tertiary/aromatic N) is 1. The highest BCUT2D eigenvalue weighted by Gasteiger charge is 2.14. The van der Waals surface area contributed by atoms with Gasteiger partial charge in [-0.1, -0.05) is 24.3 Å². The van der Waals surface area contributed by atoms with Gasteiger partial charge < -0.3 is 29.6 Å². The maximum atomic E-state index is 6.03. The van der Waals surface area contributed by atoms with Crippen LogP contribution in [0.1, 0.15) is 24.0 Å². The molecule has 3 rings (SSSR count). The standard InChI is InChI=1S/C23H31N3O4.HI/c1-24-23(26-19-7-8-21(27-2)22(14-19)28-3)25-15-17-5-4-6-18(13-17)16-30-20-9-11-29-12-10-20;/h4-8,13-14,20H,9-12,15-16H2,1-3H3,(H2,24,25,26);1H. The number of halogens is 1. The molecular formula is C23H32IN3O4. The Hall–Kier alpha value is -2.04. The molecule has 2 aromatic rings. The highest BCUT2D eigenvalue weighted by molar-refractivity contribution is 14.0. The molecular weight excluding hydrogens is 509 g/mol. The van der Waals surface area contributed by atoms with E-state index in [0.717, 1.165) is 31.7 Å². The van der Waals surface area contributed by atoms with E-state index in [2.05, 4.69) is 39.9 Å². The van der Waals surface area contributed by atoms with Crippen molar-refractivity contribution in [2.24, 2.45) is 4.99 Å². The molecule has 0 saturated carbocycles. The summed E-state index contributed by atoms with van der Waals surface area (Å²) in [5.74, 6) is 2.02. The van der Waals surface area contributed by atoms with Crippen molar-refractivity contribution in [3.05, 3.63) is 53.6 Å². The van der Waals surface area contributed by atoms with Crippen molar-refractivity contribution >= 4 is 35.6 Å². The summed E-state index contributed by atoms with van der Waals surface area (Å²) in [5, 5.41) is 6.62. The van der Waals surface area contributed by atoms with Gasteiger partial charge in [0.05, 0.1) is 26.9 Å². The van der Waals surface area contributed by atoms with Crippen LogP contribution in [0.5, 0.6) is 11.5 Å². The Morgan fingerprint density at radius 2 is 1.77 bits per heavy atom. The number of guanidine groups is 1. The van der Waals surface area contributed by atoms with Crippen molar-refractivity contribution in [1.29, 1.82) is 0 Å². The topological polar surface area (TPSA) is 73.3 Å². The second-order valence-electron chi connectivity index (χ2n) is 7.06. The second kappa shape index (κ2) is 13.4. The minimum absolute atomic E-state index is 0. The molecule has 7 nitrogen and oxygen atoms in total. The maximum absolute atomic E-state index is 6.03. The third-order valence-electron chi connectivity index (χ3n) is 4.98. The van der Waals surface area contributed by atoms with Gasteiger partial charge in [0.2, 0.25) is 0 Å². The fourth-order valence-corrected chi connectivity index (χ4v) is 3.30. The van der Waals surface area contributed by atoms with E-state index in [1.165, 1.54) is 11.1 Å².